The molecule has 1 aromatic heterocycles. The maximum Gasteiger partial charge on any atom is 0.229 e. The highest BCUT2D eigenvalue weighted by Gasteiger charge is 2.11. The van der Waals surface area contributed by atoms with E-state index in [4.69, 9.17) is 11.6 Å². The van der Waals surface area contributed by atoms with Crippen molar-refractivity contribution in [2.45, 2.75) is 6.54 Å². The lowest BCUT2D eigenvalue weighted by molar-refractivity contribution is 0.625. The molecule has 24 heavy (non-hydrogen) atoms. The molecule has 0 aliphatic carbocycles. The fourth-order valence-corrected chi connectivity index (χ4v) is 2.56. The second-order valence-corrected chi connectivity index (χ2v) is 5.75. The summed E-state index contributed by atoms with van der Waals surface area (Å²) in [6, 6.07) is 16.1. The summed E-state index contributed by atoms with van der Waals surface area (Å²) in [5.41, 5.74) is 1.73. The van der Waals surface area contributed by atoms with Gasteiger partial charge in [-0.1, -0.05) is 41.9 Å². The minimum Gasteiger partial charge on any atom is -0.354 e. The summed E-state index contributed by atoms with van der Waals surface area (Å²) in [7, 11) is 1.85. The molecule has 0 unspecified atom stereocenters. The van der Waals surface area contributed by atoms with Crippen LogP contribution in [0.3, 0.4) is 0 Å². The standard InChI is InChI=1S/C18H16ClFN4/c1-24(12-13-6-5-7-14(20)10-13)17-16(19)11-21-18(23-17)22-15-8-3-2-4-9-15/h2-11H,12H2,1H3,(H,21,22,23). The first-order valence-electron chi connectivity index (χ1n) is 7.42. The van der Waals surface area contributed by atoms with Gasteiger partial charge in [-0.05, 0) is 29.8 Å². The highest BCUT2D eigenvalue weighted by Crippen LogP contribution is 2.25. The van der Waals surface area contributed by atoms with Crippen molar-refractivity contribution in [3.05, 3.63) is 77.2 Å². The van der Waals surface area contributed by atoms with E-state index in [2.05, 4.69) is 15.3 Å². The fraction of sp³-hybridized carbons (Fsp3) is 0.111. The lowest BCUT2D eigenvalue weighted by atomic mass is 10.2. The van der Waals surface area contributed by atoms with Crippen LogP contribution in [0.1, 0.15) is 5.56 Å². The summed E-state index contributed by atoms with van der Waals surface area (Å²) in [4.78, 5) is 10.5. The zero-order valence-corrected chi connectivity index (χ0v) is 13.8. The van der Waals surface area contributed by atoms with Gasteiger partial charge in [0.1, 0.15) is 10.8 Å². The zero-order chi connectivity index (χ0) is 16.9. The van der Waals surface area contributed by atoms with E-state index in [1.54, 1.807) is 12.3 Å². The summed E-state index contributed by atoms with van der Waals surface area (Å²) >= 11 is 6.22. The number of hydrogen-bond acceptors (Lipinski definition) is 4. The van der Waals surface area contributed by atoms with Crippen molar-refractivity contribution in [3.63, 3.8) is 0 Å². The van der Waals surface area contributed by atoms with Crippen LogP contribution in [-0.4, -0.2) is 17.0 Å². The maximum atomic E-state index is 13.3. The van der Waals surface area contributed by atoms with E-state index in [-0.39, 0.29) is 5.82 Å². The van der Waals surface area contributed by atoms with Crippen LogP contribution in [0.2, 0.25) is 5.02 Å². The molecule has 0 bridgehead atoms. The van der Waals surface area contributed by atoms with Gasteiger partial charge < -0.3 is 10.2 Å². The van der Waals surface area contributed by atoms with Crippen LogP contribution in [0.5, 0.6) is 0 Å². The van der Waals surface area contributed by atoms with Gasteiger partial charge in [0.15, 0.2) is 5.82 Å². The summed E-state index contributed by atoms with van der Waals surface area (Å²) in [5, 5.41) is 3.57. The molecule has 2 aromatic carbocycles. The minimum atomic E-state index is -0.263. The van der Waals surface area contributed by atoms with Gasteiger partial charge in [-0.3, -0.25) is 0 Å². The van der Waals surface area contributed by atoms with Crippen LogP contribution >= 0.6 is 11.6 Å². The first-order valence-corrected chi connectivity index (χ1v) is 7.80. The Labute approximate surface area is 144 Å². The number of nitrogens with one attached hydrogen (secondary N) is 1. The van der Waals surface area contributed by atoms with Gasteiger partial charge in [0.25, 0.3) is 0 Å². The third-order valence-corrected chi connectivity index (χ3v) is 3.69. The zero-order valence-electron chi connectivity index (χ0n) is 13.1. The third kappa shape index (κ3) is 4.00. The van der Waals surface area contributed by atoms with Crippen molar-refractivity contribution in [3.8, 4) is 0 Å². The van der Waals surface area contributed by atoms with Crippen LogP contribution in [0.25, 0.3) is 0 Å². The van der Waals surface area contributed by atoms with Crippen LogP contribution in [0, 0.1) is 5.82 Å². The predicted molar refractivity (Wildman–Crippen MR) is 95.3 cm³/mol. The van der Waals surface area contributed by atoms with Crippen molar-refractivity contribution in [2.75, 3.05) is 17.3 Å². The summed E-state index contributed by atoms with van der Waals surface area (Å²) in [5.74, 6) is 0.766. The first-order chi connectivity index (χ1) is 11.6. The lowest BCUT2D eigenvalue weighted by Gasteiger charge is -2.20. The average molecular weight is 343 g/mol. The van der Waals surface area contributed by atoms with E-state index in [0.29, 0.717) is 23.3 Å². The van der Waals surface area contributed by atoms with Gasteiger partial charge in [-0.15, -0.1) is 0 Å². The van der Waals surface area contributed by atoms with E-state index in [9.17, 15) is 4.39 Å². The highest BCUT2D eigenvalue weighted by molar-refractivity contribution is 6.32. The molecule has 0 fully saturated rings. The van der Waals surface area contributed by atoms with Gasteiger partial charge in [-0.2, -0.15) is 4.98 Å². The number of anilines is 3. The second kappa shape index (κ2) is 7.27. The van der Waals surface area contributed by atoms with E-state index in [1.165, 1.54) is 12.1 Å². The molecule has 6 heteroatoms. The molecule has 1 N–H and O–H groups in total. The Morgan fingerprint density at radius 2 is 1.92 bits per heavy atom. The normalized spacial score (nSPS) is 10.5. The molecule has 0 saturated carbocycles. The van der Waals surface area contributed by atoms with Crippen molar-refractivity contribution < 1.29 is 4.39 Å². The molecule has 0 aliphatic heterocycles. The molecule has 4 nitrogen and oxygen atoms in total. The summed E-state index contributed by atoms with van der Waals surface area (Å²) in [6.07, 6.45) is 1.55. The lowest BCUT2D eigenvalue weighted by Crippen LogP contribution is -2.19. The molecule has 0 amide bonds. The smallest absolute Gasteiger partial charge is 0.229 e. The largest absolute Gasteiger partial charge is 0.354 e. The van der Waals surface area contributed by atoms with Crippen molar-refractivity contribution in [1.29, 1.82) is 0 Å². The van der Waals surface area contributed by atoms with Gasteiger partial charge in [0.05, 0.1) is 6.20 Å². The Kier molecular flexibility index (Phi) is 4.91. The maximum absolute atomic E-state index is 13.3. The van der Waals surface area contributed by atoms with Crippen LogP contribution in [0.4, 0.5) is 21.8 Å². The Balaban J connectivity index is 1.80. The molecular weight excluding hydrogens is 327 g/mol. The highest BCUT2D eigenvalue weighted by atomic mass is 35.5. The molecule has 1 heterocycles. The van der Waals surface area contributed by atoms with Gasteiger partial charge in [0.2, 0.25) is 5.95 Å². The van der Waals surface area contributed by atoms with Crippen LogP contribution < -0.4 is 10.2 Å². The van der Waals surface area contributed by atoms with E-state index < -0.39 is 0 Å². The number of aromatic nitrogens is 2. The SMILES string of the molecule is CN(Cc1cccc(F)c1)c1nc(Nc2ccccc2)ncc1Cl. The molecule has 0 spiro atoms. The van der Waals surface area contributed by atoms with E-state index >= 15 is 0 Å². The second-order valence-electron chi connectivity index (χ2n) is 5.34. The van der Waals surface area contributed by atoms with Crippen molar-refractivity contribution >= 4 is 29.1 Å². The van der Waals surface area contributed by atoms with Gasteiger partial charge >= 0.3 is 0 Å². The van der Waals surface area contributed by atoms with E-state index in [1.807, 2.05) is 48.3 Å². The molecule has 0 atom stereocenters. The Hall–Kier alpha value is -2.66. The van der Waals surface area contributed by atoms with Crippen LogP contribution in [-0.2, 0) is 6.54 Å². The minimum absolute atomic E-state index is 0.263. The number of halogens is 2. The van der Waals surface area contributed by atoms with Crippen molar-refractivity contribution in [2.24, 2.45) is 0 Å². The number of nitrogens with zero attached hydrogens (tertiary/aromatic N) is 3. The molecule has 0 aliphatic rings. The molecule has 0 radical (unpaired) electrons. The van der Waals surface area contributed by atoms with Gasteiger partial charge in [-0.25, -0.2) is 9.37 Å². The summed E-state index contributed by atoms with van der Waals surface area (Å²) in [6.45, 7) is 0.485. The van der Waals surface area contributed by atoms with Crippen molar-refractivity contribution in [1.82, 2.24) is 9.97 Å². The number of hydrogen-bond donors (Lipinski definition) is 1. The molecule has 122 valence electrons. The number of benzene rings is 2. The van der Waals surface area contributed by atoms with Gasteiger partial charge in [0, 0.05) is 19.3 Å². The predicted octanol–water partition coefficient (Wildman–Crippen LogP) is 4.65. The van der Waals surface area contributed by atoms with E-state index in [0.717, 1.165) is 11.3 Å². The number of rotatable bonds is 5. The third-order valence-electron chi connectivity index (χ3n) is 3.43. The first kappa shape index (κ1) is 16.2. The molecular formula is C18H16ClFN4. The Bertz CT molecular complexity index is 826. The molecule has 3 rings (SSSR count). The topological polar surface area (TPSA) is 41.1 Å². The van der Waals surface area contributed by atoms with Crippen LogP contribution in [0.15, 0.2) is 60.8 Å². The fourth-order valence-electron chi connectivity index (χ4n) is 2.32. The quantitative estimate of drug-likeness (QED) is 0.732. The monoisotopic (exact) mass is 342 g/mol. The Morgan fingerprint density at radius 1 is 1.12 bits per heavy atom. The summed E-state index contributed by atoms with van der Waals surface area (Å²) < 4.78 is 13.3. The molecule has 3 aromatic rings. The number of para-hydroxylation sites is 1. The Morgan fingerprint density at radius 3 is 2.67 bits per heavy atom. The average Bonchev–Trinajstić information content (AvgIpc) is 2.57. The molecule has 0 saturated heterocycles.